The van der Waals surface area contributed by atoms with Crippen LogP contribution in [-0.4, -0.2) is 38.3 Å². The van der Waals surface area contributed by atoms with Crippen molar-refractivity contribution in [2.45, 2.75) is 37.8 Å². The van der Waals surface area contributed by atoms with Crippen molar-refractivity contribution in [2.24, 2.45) is 0 Å². The van der Waals surface area contributed by atoms with Gasteiger partial charge in [-0.1, -0.05) is 12.1 Å². The number of nitrogens with zero attached hydrogens (tertiary/aromatic N) is 3. The maximum Gasteiger partial charge on any atom is 0.293 e. The first-order chi connectivity index (χ1) is 14.1. The maximum absolute atomic E-state index is 13.2. The molecule has 8 heteroatoms. The Morgan fingerprint density at radius 3 is 2.79 bits per heavy atom. The van der Waals surface area contributed by atoms with Crippen molar-refractivity contribution in [1.82, 2.24) is 14.9 Å². The van der Waals surface area contributed by atoms with Crippen LogP contribution in [0.5, 0.6) is 0 Å². The molecule has 0 spiro atoms. The van der Waals surface area contributed by atoms with Gasteiger partial charge in [0.1, 0.15) is 11.5 Å². The minimum absolute atomic E-state index is 0.0535. The van der Waals surface area contributed by atoms with Crippen LogP contribution in [0.15, 0.2) is 42.5 Å². The van der Waals surface area contributed by atoms with Crippen LogP contribution in [0.25, 0.3) is 11.0 Å². The number of aromatic nitrogens is 2. The summed E-state index contributed by atoms with van der Waals surface area (Å²) in [7, 11) is 0. The molecule has 1 saturated carbocycles. The Bertz CT molecular complexity index is 1070. The molecule has 3 aromatic rings. The zero-order valence-electron chi connectivity index (χ0n) is 15.8. The largest absolute Gasteiger partial charge is 0.377 e. The van der Waals surface area contributed by atoms with E-state index in [1.54, 1.807) is 17.0 Å². The number of carbonyl (C=O) groups excluding carboxylic acids is 1. The number of fused-ring (bicyclic) bond motifs is 1. The van der Waals surface area contributed by atoms with E-state index in [1.165, 1.54) is 6.07 Å². The Labute approximate surface area is 167 Å². The summed E-state index contributed by atoms with van der Waals surface area (Å²) in [6, 6.07) is 12.6. The molecule has 1 atom stereocenters. The third kappa shape index (κ3) is 3.30. The van der Waals surface area contributed by atoms with E-state index in [9.17, 15) is 14.9 Å². The van der Waals surface area contributed by atoms with Crippen molar-refractivity contribution in [3.8, 4) is 0 Å². The van der Waals surface area contributed by atoms with Gasteiger partial charge in [0, 0.05) is 24.2 Å². The zero-order chi connectivity index (χ0) is 20.0. The molecule has 2 aromatic carbocycles. The number of anilines is 1. The molecule has 8 nitrogen and oxygen atoms in total. The van der Waals surface area contributed by atoms with Crippen molar-refractivity contribution in [3.05, 3.63) is 64.0 Å². The van der Waals surface area contributed by atoms with Crippen LogP contribution in [0.1, 0.15) is 47.9 Å². The van der Waals surface area contributed by atoms with E-state index < -0.39 is 4.92 Å². The number of nitro benzene ring substituents is 1. The van der Waals surface area contributed by atoms with Crippen LogP contribution in [0.2, 0.25) is 0 Å². The molecule has 2 N–H and O–H groups in total. The first-order valence-electron chi connectivity index (χ1n) is 9.91. The van der Waals surface area contributed by atoms with Gasteiger partial charge in [-0.25, -0.2) is 4.98 Å². The number of para-hydroxylation sites is 2. The Hall–Kier alpha value is -3.42. The highest BCUT2D eigenvalue weighted by Crippen LogP contribution is 2.35. The number of nitrogens with one attached hydrogen (secondary N) is 2. The van der Waals surface area contributed by atoms with Gasteiger partial charge in [0.2, 0.25) is 0 Å². The fourth-order valence-corrected chi connectivity index (χ4v) is 3.98. The molecule has 0 unspecified atom stereocenters. The normalized spacial score (nSPS) is 18.9. The number of H-pyrrole nitrogens is 1. The highest BCUT2D eigenvalue weighted by Gasteiger charge is 2.34. The van der Waals surface area contributed by atoms with E-state index in [2.05, 4.69) is 15.3 Å². The Balaban J connectivity index is 1.44. The lowest BCUT2D eigenvalue weighted by Crippen LogP contribution is -2.31. The lowest BCUT2D eigenvalue weighted by atomic mass is 10.1. The molecule has 1 aromatic heterocycles. The summed E-state index contributed by atoms with van der Waals surface area (Å²) in [5.41, 5.74) is 2.56. The number of aromatic amines is 1. The number of benzene rings is 2. The molecule has 1 aliphatic heterocycles. The number of imidazole rings is 1. The first kappa shape index (κ1) is 17.7. The Morgan fingerprint density at radius 1 is 1.21 bits per heavy atom. The summed E-state index contributed by atoms with van der Waals surface area (Å²) in [5, 5.41) is 14.7. The molecular weight excluding hydrogens is 370 g/mol. The average molecular weight is 391 g/mol. The summed E-state index contributed by atoms with van der Waals surface area (Å²) in [6.07, 6.45) is 3.72. The van der Waals surface area contributed by atoms with Gasteiger partial charge in [0.15, 0.2) is 0 Å². The predicted molar refractivity (Wildman–Crippen MR) is 109 cm³/mol. The molecule has 1 aliphatic carbocycles. The third-order valence-electron chi connectivity index (χ3n) is 5.62. The van der Waals surface area contributed by atoms with Crippen molar-refractivity contribution >= 4 is 28.3 Å². The third-order valence-corrected chi connectivity index (χ3v) is 5.62. The van der Waals surface area contributed by atoms with Crippen molar-refractivity contribution < 1.29 is 9.72 Å². The quantitative estimate of drug-likeness (QED) is 0.505. The van der Waals surface area contributed by atoms with Crippen LogP contribution in [0.3, 0.4) is 0 Å². The molecule has 2 fully saturated rings. The molecule has 2 aliphatic rings. The minimum Gasteiger partial charge on any atom is -0.377 e. The van der Waals surface area contributed by atoms with Gasteiger partial charge >= 0.3 is 0 Å². The predicted octanol–water partition coefficient (Wildman–Crippen LogP) is 4.02. The number of hydrogen-bond donors (Lipinski definition) is 2. The van der Waals surface area contributed by atoms with Gasteiger partial charge in [-0.3, -0.25) is 14.9 Å². The van der Waals surface area contributed by atoms with E-state index in [0.717, 1.165) is 42.5 Å². The van der Waals surface area contributed by atoms with Crippen LogP contribution in [0.4, 0.5) is 11.4 Å². The zero-order valence-corrected chi connectivity index (χ0v) is 15.8. The van der Waals surface area contributed by atoms with E-state index in [1.807, 2.05) is 24.3 Å². The second-order valence-corrected chi connectivity index (χ2v) is 7.70. The van der Waals surface area contributed by atoms with Crippen LogP contribution >= 0.6 is 0 Å². The van der Waals surface area contributed by atoms with Crippen LogP contribution < -0.4 is 5.32 Å². The van der Waals surface area contributed by atoms with Gasteiger partial charge in [-0.2, -0.15) is 0 Å². The van der Waals surface area contributed by atoms with E-state index in [-0.39, 0.29) is 17.6 Å². The number of hydrogen-bond acceptors (Lipinski definition) is 5. The minimum atomic E-state index is -0.428. The molecular formula is C21H21N5O3. The Kier molecular flexibility index (Phi) is 4.19. The van der Waals surface area contributed by atoms with Crippen molar-refractivity contribution in [3.63, 3.8) is 0 Å². The number of nitro groups is 1. The highest BCUT2D eigenvalue weighted by atomic mass is 16.6. The summed E-state index contributed by atoms with van der Waals surface area (Å²) >= 11 is 0. The van der Waals surface area contributed by atoms with E-state index in [4.69, 9.17) is 0 Å². The van der Waals surface area contributed by atoms with Crippen molar-refractivity contribution in [1.29, 1.82) is 0 Å². The molecule has 0 radical (unpaired) electrons. The molecule has 29 heavy (non-hydrogen) atoms. The molecule has 0 bridgehead atoms. The summed E-state index contributed by atoms with van der Waals surface area (Å²) in [6.45, 7) is 0.608. The van der Waals surface area contributed by atoms with Gasteiger partial charge in [-0.05, 0) is 49.9 Å². The number of carbonyl (C=O) groups is 1. The smallest absolute Gasteiger partial charge is 0.293 e. The van der Waals surface area contributed by atoms with Crippen LogP contribution in [-0.2, 0) is 0 Å². The monoisotopic (exact) mass is 391 g/mol. The van der Waals surface area contributed by atoms with Gasteiger partial charge in [0.25, 0.3) is 11.6 Å². The topological polar surface area (TPSA) is 104 Å². The number of amides is 1. The van der Waals surface area contributed by atoms with Crippen molar-refractivity contribution in [2.75, 3.05) is 11.9 Å². The lowest BCUT2D eigenvalue weighted by Gasteiger charge is -2.23. The first-order valence-corrected chi connectivity index (χ1v) is 9.91. The fourth-order valence-electron chi connectivity index (χ4n) is 3.98. The SMILES string of the molecule is O=C(c1ccc(NC2CC2)c([N+](=O)[O-])c1)N1CCC[C@H]1c1nc2ccccc2[nH]1. The van der Waals surface area contributed by atoms with E-state index >= 15 is 0 Å². The molecule has 1 amide bonds. The fraction of sp³-hybridized carbons (Fsp3) is 0.333. The second-order valence-electron chi connectivity index (χ2n) is 7.70. The second kappa shape index (κ2) is 6.88. The van der Waals surface area contributed by atoms with Gasteiger partial charge in [0.05, 0.1) is 22.0 Å². The number of rotatable bonds is 5. The molecule has 5 rings (SSSR count). The number of likely N-dealkylation sites (tertiary alicyclic amines) is 1. The average Bonchev–Trinajstić information content (AvgIpc) is 3.24. The van der Waals surface area contributed by atoms with Crippen LogP contribution in [0, 0.1) is 10.1 Å². The summed E-state index contributed by atoms with van der Waals surface area (Å²) in [4.78, 5) is 34.0. The standard InChI is InChI=1S/C21H21N5O3/c27-21(13-7-10-17(22-14-8-9-14)19(12-13)26(28)29)25-11-3-6-18(25)20-23-15-4-1-2-5-16(15)24-20/h1-2,4-5,7,10,12,14,18,22H,3,6,8-9,11H2,(H,23,24)/t18-/m0/s1. The van der Waals surface area contributed by atoms with E-state index in [0.29, 0.717) is 23.8 Å². The van der Waals surface area contributed by atoms with Gasteiger partial charge < -0.3 is 15.2 Å². The lowest BCUT2D eigenvalue weighted by molar-refractivity contribution is -0.384. The summed E-state index contributed by atoms with van der Waals surface area (Å²) < 4.78 is 0. The summed E-state index contributed by atoms with van der Waals surface area (Å²) in [5.74, 6) is 0.563. The Morgan fingerprint density at radius 2 is 2.03 bits per heavy atom. The molecule has 148 valence electrons. The van der Waals surface area contributed by atoms with Gasteiger partial charge in [-0.15, -0.1) is 0 Å². The highest BCUT2D eigenvalue weighted by molar-refractivity contribution is 5.96. The maximum atomic E-state index is 13.2. The molecule has 1 saturated heterocycles. The molecule has 2 heterocycles.